The fourth-order valence-corrected chi connectivity index (χ4v) is 4.44. The summed E-state index contributed by atoms with van der Waals surface area (Å²) >= 11 is 1.45. The lowest BCUT2D eigenvalue weighted by molar-refractivity contribution is -0.134. The second-order valence-corrected chi connectivity index (χ2v) is 8.42. The summed E-state index contributed by atoms with van der Waals surface area (Å²) < 4.78 is 11.8. The van der Waals surface area contributed by atoms with E-state index in [2.05, 4.69) is 4.90 Å². The van der Waals surface area contributed by atoms with Crippen molar-refractivity contribution in [1.29, 1.82) is 0 Å². The Balaban J connectivity index is 1.25. The van der Waals surface area contributed by atoms with Crippen LogP contribution in [0.5, 0.6) is 11.5 Å². The highest BCUT2D eigenvalue weighted by Crippen LogP contribution is 2.31. The van der Waals surface area contributed by atoms with Gasteiger partial charge >= 0.3 is 0 Å². The average molecular weight is 430 g/mol. The Labute approximate surface area is 180 Å². The molecule has 2 aromatic rings. The number of ether oxygens (including phenoxy) is 2. The molecule has 1 fully saturated rings. The highest BCUT2D eigenvalue weighted by Gasteiger charge is 2.28. The lowest BCUT2D eigenvalue weighted by atomic mass is 10.2. The van der Waals surface area contributed by atoms with Crippen molar-refractivity contribution in [2.45, 2.75) is 13.0 Å². The zero-order valence-corrected chi connectivity index (χ0v) is 18.0. The monoisotopic (exact) mass is 429 g/mol. The molecule has 0 saturated carbocycles. The first kappa shape index (κ1) is 20.7. The van der Waals surface area contributed by atoms with Crippen LogP contribution < -0.4 is 9.47 Å². The minimum Gasteiger partial charge on any atom is -0.486 e. The highest BCUT2D eigenvalue weighted by molar-refractivity contribution is 7.12. The Kier molecular flexibility index (Phi) is 6.54. The highest BCUT2D eigenvalue weighted by atomic mass is 32.1. The first-order valence-corrected chi connectivity index (χ1v) is 11.2. The number of para-hydroxylation sites is 2. The second-order valence-electron chi connectivity index (χ2n) is 7.48. The lowest BCUT2D eigenvalue weighted by Gasteiger charge is -2.36. The molecule has 7 nitrogen and oxygen atoms in total. The number of fused-ring (bicyclic) bond motifs is 1. The molecule has 3 heterocycles. The van der Waals surface area contributed by atoms with E-state index in [1.54, 1.807) is 0 Å². The average Bonchev–Trinajstić information content (AvgIpc) is 3.33. The molecule has 2 amide bonds. The van der Waals surface area contributed by atoms with Crippen LogP contribution in [0.4, 0.5) is 0 Å². The van der Waals surface area contributed by atoms with Crippen molar-refractivity contribution >= 4 is 23.2 Å². The minimum atomic E-state index is -0.104. The van der Waals surface area contributed by atoms with Crippen molar-refractivity contribution in [3.63, 3.8) is 0 Å². The zero-order chi connectivity index (χ0) is 20.9. The molecular formula is C22H27N3O4S. The van der Waals surface area contributed by atoms with Gasteiger partial charge in [0.2, 0.25) is 5.91 Å². The molecule has 160 valence electrons. The molecule has 0 aliphatic carbocycles. The molecule has 0 unspecified atom stereocenters. The first-order chi connectivity index (χ1) is 14.6. The smallest absolute Gasteiger partial charge is 0.264 e. The van der Waals surface area contributed by atoms with Crippen molar-refractivity contribution in [2.75, 3.05) is 52.4 Å². The van der Waals surface area contributed by atoms with Gasteiger partial charge in [-0.25, -0.2) is 0 Å². The normalized spacial score (nSPS) is 18.5. The van der Waals surface area contributed by atoms with Crippen LogP contribution in [0.15, 0.2) is 41.8 Å². The van der Waals surface area contributed by atoms with Gasteiger partial charge in [-0.05, 0) is 30.1 Å². The number of rotatable bonds is 6. The summed E-state index contributed by atoms with van der Waals surface area (Å²) in [5, 5.41) is 1.91. The Morgan fingerprint density at radius 3 is 2.50 bits per heavy atom. The molecule has 2 aliphatic heterocycles. The van der Waals surface area contributed by atoms with E-state index in [1.165, 1.54) is 11.3 Å². The summed E-state index contributed by atoms with van der Waals surface area (Å²) in [4.78, 5) is 31.8. The molecule has 0 bridgehead atoms. The Hall–Kier alpha value is -2.58. The van der Waals surface area contributed by atoms with Crippen molar-refractivity contribution in [3.05, 3.63) is 46.7 Å². The minimum absolute atomic E-state index is 0.0574. The summed E-state index contributed by atoms with van der Waals surface area (Å²) in [6.45, 7) is 6.55. The molecular weight excluding hydrogens is 402 g/mol. The van der Waals surface area contributed by atoms with E-state index >= 15 is 0 Å². The molecule has 0 N–H and O–H groups in total. The molecule has 4 rings (SSSR count). The number of likely N-dealkylation sites (N-methyl/N-ethyl adjacent to an activating group) is 1. The lowest BCUT2D eigenvalue weighted by Crippen LogP contribution is -2.53. The molecule has 8 heteroatoms. The van der Waals surface area contributed by atoms with Crippen LogP contribution in [0.1, 0.15) is 16.6 Å². The van der Waals surface area contributed by atoms with Crippen LogP contribution >= 0.6 is 11.3 Å². The van der Waals surface area contributed by atoms with Crippen LogP contribution in [-0.4, -0.2) is 85.0 Å². The summed E-state index contributed by atoms with van der Waals surface area (Å²) in [7, 11) is 0. The number of hydrogen-bond donors (Lipinski definition) is 0. The van der Waals surface area contributed by atoms with Gasteiger partial charge in [-0.3, -0.25) is 14.5 Å². The molecule has 2 aliphatic rings. The number of carbonyl (C=O) groups is 2. The van der Waals surface area contributed by atoms with Gasteiger partial charge in [-0.1, -0.05) is 25.1 Å². The molecule has 0 radical (unpaired) electrons. The number of benzene rings is 1. The number of piperazine rings is 1. The number of thiophene rings is 1. The fraction of sp³-hybridized carbons (Fsp3) is 0.455. The third kappa shape index (κ3) is 4.76. The zero-order valence-electron chi connectivity index (χ0n) is 17.2. The SMILES string of the molecule is CCN(CC(=O)N1CCN(C(=O)c2cccs2)CC1)C[C@H]1COc2ccccc2O1. The van der Waals surface area contributed by atoms with E-state index in [9.17, 15) is 9.59 Å². The van der Waals surface area contributed by atoms with Gasteiger partial charge in [0.25, 0.3) is 5.91 Å². The van der Waals surface area contributed by atoms with Gasteiger partial charge < -0.3 is 19.3 Å². The fourth-order valence-electron chi connectivity index (χ4n) is 3.75. The van der Waals surface area contributed by atoms with Gasteiger partial charge in [0, 0.05) is 32.7 Å². The number of hydrogen-bond acceptors (Lipinski definition) is 6. The van der Waals surface area contributed by atoms with Gasteiger partial charge in [0.15, 0.2) is 11.5 Å². The summed E-state index contributed by atoms with van der Waals surface area (Å²) in [5.41, 5.74) is 0. The van der Waals surface area contributed by atoms with Gasteiger partial charge in [0.1, 0.15) is 12.7 Å². The van der Waals surface area contributed by atoms with Gasteiger partial charge in [0.05, 0.1) is 11.4 Å². The Bertz CT molecular complexity index is 865. The number of amides is 2. The second kappa shape index (κ2) is 9.49. The number of carbonyl (C=O) groups excluding carboxylic acids is 2. The standard InChI is InChI=1S/C22H27N3O4S/c1-2-23(14-17-16-28-18-6-3-4-7-19(18)29-17)15-21(26)24-9-11-25(12-10-24)22(27)20-8-5-13-30-20/h3-8,13,17H,2,9-12,14-16H2,1H3/t17-/m0/s1. The quantitative estimate of drug-likeness (QED) is 0.705. The number of nitrogens with zero attached hydrogens (tertiary/aromatic N) is 3. The molecule has 1 atom stereocenters. The van der Waals surface area contributed by atoms with E-state index in [1.807, 2.05) is 58.5 Å². The molecule has 30 heavy (non-hydrogen) atoms. The summed E-state index contributed by atoms with van der Waals surface area (Å²) in [6.07, 6.45) is -0.104. The summed E-state index contributed by atoms with van der Waals surface area (Å²) in [5.74, 6) is 1.67. The predicted molar refractivity (Wildman–Crippen MR) is 115 cm³/mol. The van der Waals surface area contributed by atoms with Crippen LogP contribution in [0.2, 0.25) is 0 Å². The van der Waals surface area contributed by atoms with Crippen LogP contribution in [0, 0.1) is 0 Å². The van der Waals surface area contributed by atoms with E-state index in [0.717, 1.165) is 22.9 Å². The Morgan fingerprint density at radius 1 is 1.07 bits per heavy atom. The van der Waals surface area contributed by atoms with Crippen LogP contribution in [0.3, 0.4) is 0 Å². The maximum Gasteiger partial charge on any atom is 0.264 e. The maximum absolute atomic E-state index is 12.8. The summed E-state index contributed by atoms with van der Waals surface area (Å²) in [6, 6.07) is 11.4. The van der Waals surface area contributed by atoms with Gasteiger partial charge in [-0.15, -0.1) is 11.3 Å². The van der Waals surface area contributed by atoms with E-state index in [4.69, 9.17) is 9.47 Å². The van der Waals surface area contributed by atoms with Crippen molar-refractivity contribution in [3.8, 4) is 11.5 Å². The third-order valence-corrected chi connectivity index (χ3v) is 6.34. The Morgan fingerprint density at radius 2 is 1.80 bits per heavy atom. The van der Waals surface area contributed by atoms with Crippen molar-refractivity contribution in [1.82, 2.24) is 14.7 Å². The van der Waals surface area contributed by atoms with Crippen molar-refractivity contribution in [2.24, 2.45) is 0 Å². The van der Waals surface area contributed by atoms with Crippen molar-refractivity contribution < 1.29 is 19.1 Å². The predicted octanol–water partition coefficient (Wildman–Crippen LogP) is 2.19. The van der Waals surface area contributed by atoms with Gasteiger partial charge in [-0.2, -0.15) is 0 Å². The molecule has 1 aromatic heterocycles. The maximum atomic E-state index is 12.8. The molecule has 1 saturated heterocycles. The van der Waals surface area contributed by atoms with Crippen LogP contribution in [0.25, 0.3) is 0 Å². The third-order valence-electron chi connectivity index (χ3n) is 5.49. The molecule has 1 aromatic carbocycles. The van der Waals surface area contributed by atoms with E-state index in [0.29, 0.717) is 45.9 Å². The molecule has 0 spiro atoms. The first-order valence-electron chi connectivity index (χ1n) is 10.4. The largest absolute Gasteiger partial charge is 0.486 e. The van der Waals surface area contributed by atoms with Crippen LogP contribution in [-0.2, 0) is 4.79 Å². The topological polar surface area (TPSA) is 62.3 Å². The van der Waals surface area contributed by atoms with E-state index < -0.39 is 0 Å². The van der Waals surface area contributed by atoms with E-state index in [-0.39, 0.29) is 17.9 Å².